The first-order chi connectivity index (χ1) is 8.97. The lowest BCUT2D eigenvalue weighted by molar-refractivity contribution is 0.221. The Labute approximate surface area is 113 Å². The van der Waals surface area contributed by atoms with Crippen LogP contribution in [0.4, 0.5) is 8.78 Å². The monoisotopic (exact) mass is 285 g/mol. The summed E-state index contributed by atoms with van der Waals surface area (Å²) in [5.41, 5.74) is -0.361. The molecule has 0 radical (unpaired) electrons. The van der Waals surface area contributed by atoms with Gasteiger partial charge in [-0.1, -0.05) is 6.07 Å². The molecule has 19 heavy (non-hydrogen) atoms. The van der Waals surface area contributed by atoms with Crippen molar-refractivity contribution in [3.05, 3.63) is 35.1 Å². The molecule has 2 aromatic rings. The van der Waals surface area contributed by atoms with Crippen LogP contribution in [-0.2, 0) is 0 Å². The molecule has 4 nitrogen and oxygen atoms in total. The van der Waals surface area contributed by atoms with Crippen LogP contribution in [0.15, 0.2) is 18.2 Å². The van der Waals surface area contributed by atoms with E-state index in [-0.39, 0.29) is 28.8 Å². The van der Waals surface area contributed by atoms with Gasteiger partial charge >= 0.3 is 6.01 Å². The molecule has 0 aliphatic heterocycles. The smallest absolute Gasteiger partial charge is 0.321 e. The number of hydrogen-bond acceptors (Lipinski definition) is 4. The van der Waals surface area contributed by atoms with Crippen molar-refractivity contribution in [3.8, 4) is 17.4 Å². The largest absolute Gasteiger partial charge is 0.461 e. The van der Waals surface area contributed by atoms with Gasteiger partial charge in [-0.05, 0) is 37.6 Å². The zero-order chi connectivity index (χ0) is 14.0. The van der Waals surface area contributed by atoms with Crippen LogP contribution in [0.25, 0.3) is 11.4 Å². The lowest BCUT2D eigenvalue weighted by atomic mass is 10.2. The minimum absolute atomic E-state index is 0.0762. The number of aromatic nitrogens is 3. The summed E-state index contributed by atoms with van der Waals surface area (Å²) in [7, 11) is 0. The molecule has 1 aromatic heterocycles. The lowest BCUT2D eigenvalue weighted by Crippen LogP contribution is -2.10. The molecule has 0 unspecified atom stereocenters. The van der Waals surface area contributed by atoms with Crippen LogP contribution in [0.2, 0.25) is 5.28 Å². The van der Waals surface area contributed by atoms with Gasteiger partial charge in [-0.15, -0.1) is 0 Å². The predicted octanol–water partition coefficient (Wildman–Crippen LogP) is 3.26. The van der Waals surface area contributed by atoms with E-state index in [9.17, 15) is 8.78 Å². The van der Waals surface area contributed by atoms with Gasteiger partial charge in [-0.3, -0.25) is 0 Å². The van der Waals surface area contributed by atoms with Crippen molar-refractivity contribution in [1.82, 2.24) is 15.0 Å². The molecule has 0 N–H and O–H groups in total. The standard InChI is InChI=1S/C12H10ClF2N3O/c1-6(2)19-12-17-10(16-11(13)18-12)9-7(14)4-3-5-8(9)15/h3-6H,1-2H3. The summed E-state index contributed by atoms with van der Waals surface area (Å²) in [6, 6.07) is 3.40. The maximum atomic E-state index is 13.6. The Morgan fingerprint density at radius 1 is 1.11 bits per heavy atom. The summed E-state index contributed by atoms with van der Waals surface area (Å²) in [5, 5.41) is -0.191. The van der Waals surface area contributed by atoms with Gasteiger partial charge in [-0.25, -0.2) is 8.78 Å². The highest BCUT2D eigenvalue weighted by Crippen LogP contribution is 2.24. The summed E-state index contributed by atoms with van der Waals surface area (Å²) in [4.78, 5) is 11.3. The molecular formula is C12H10ClF2N3O. The predicted molar refractivity (Wildman–Crippen MR) is 66.0 cm³/mol. The van der Waals surface area contributed by atoms with Gasteiger partial charge in [0.1, 0.15) is 11.6 Å². The van der Waals surface area contributed by atoms with Crippen LogP contribution >= 0.6 is 11.6 Å². The molecule has 0 fully saturated rings. The fourth-order valence-corrected chi connectivity index (χ4v) is 1.57. The number of ether oxygens (including phenoxy) is 1. The highest BCUT2D eigenvalue weighted by atomic mass is 35.5. The first-order valence-electron chi connectivity index (χ1n) is 5.50. The molecule has 0 aliphatic carbocycles. The van der Waals surface area contributed by atoms with Crippen LogP contribution in [-0.4, -0.2) is 21.1 Å². The summed E-state index contributed by atoms with van der Waals surface area (Å²) in [6.07, 6.45) is -0.197. The quantitative estimate of drug-likeness (QED) is 0.868. The van der Waals surface area contributed by atoms with Crippen LogP contribution in [0.5, 0.6) is 6.01 Å². The highest BCUT2D eigenvalue weighted by molar-refractivity contribution is 6.28. The van der Waals surface area contributed by atoms with E-state index in [2.05, 4.69) is 15.0 Å². The van der Waals surface area contributed by atoms with Crippen LogP contribution in [0.1, 0.15) is 13.8 Å². The molecule has 0 saturated heterocycles. The maximum Gasteiger partial charge on any atom is 0.321 e. The average molecular weight is 286 g/mol. The van der Waals surface area contributed by atoms with Crippen LogP contribution in [0.3, 0.4) is 0 Å². The van der Waals surface area contributed by atoms with Crippen molar-refractivity contribution in [3.63, 3.8) is 0 Å². The molecule has 0 saturated carbocycles. The minimum atomic E-state index is -0.780. The highest BCUT2D eigenvalue weighted by Gasteiger charge is 2.17. The van der Waals surface area contributed by atoms with Crippen molar-refractivity contribution >= 4 is 11.6 Å². The van der Waals surface area contributed by atoms with E-state index in [1.165, 1.54) is 6.07 Å². The van der Waals surface area contributed by atoms with Crippen molar-refractivity contribution in [2.45, 2.75) is 20.0 Å². The Balaban J connectivity index is 2.53. The Hall–Kier alpha value is -1.82. The first kappa shape index (κ1) is 13.6. The second-order valence-corrected chi connectivity index (χ2v) is 4.31. The molecule has 0 aliphatic rings. The van der Waals surface area contributed by atoms with Crippen LogP contribution in [0, 0.1) is 11.6 Å². The fourth-order valence-electron chi connectivity index (χ4n) is 1.42. The number of halogens is 3. The third kappa shape index (κ3) is 3.14. The molecule has 0 bridgehead atoms. The second-order valence-electron chi connectivity index (χ2n) is 3.97. The van der Waals surface area contributed by atoms with E-state index < -0.39 is 11.6 Å². The third-order valence-corrected chi connectivity index (χ3v) is 2.28. The van der Waals surface area contributed by atoms with Gasteiger partial charge in [0.15, 0.2) is 5.82 Å². The van der Waals surface area contributed by atoms with Crippen molar-refractivity contribution in [2.75, 3.05) is 0 Å². The van der Waals surface area contributed by atoms with Gasteiger partial charge in [0.2, 0.25) is 5.28 Å². The third-order valence-electron chi connectivity index (χ3n) is 2.12. The SMILES string of the molecule is CC(C)Oc1nc(Cl)nc(-c2c(F)cccc2F)n1. The number of rotatable bonds is 3. The summed E-state index contributed by atoms with van der Waals surface area (Å²) in [6.45, 7) is 3.53. The molecule has 1 aromatic carbocycles. The van der Waals surface area contributed by atoms with E-state index in [4.69, 9.17) is 16.3 Å². The van der Waals surface area contributed by atoms with Gasteiger partial charge in [0, 0.05) is 0 Å². The van der Waals surface area contributed by atoms with Crippen molar-refractivity contribution in [1.29, 1.82) is 0 Å². The average Bonchev–Trinajstić information content (AvgIpc) is 2.26. The van der Waals surface area contributed by atoms with Crippen LogP contribution < -0.4 is 4.74 Å². The van der Waals surface area contributed by atoms with E-state index in [0.29, 0.717) is 0 Å². The van der Waals surface area contributed by atoms with Crippen molar-refractivity contribution < 1.29 is 13.5 Å². The molecule has 2 rings (SSSR count). The van der Waals surface area contributed by atoms with E-state index in [1.807, 2.05) is 0 Å². The Bertz CT molecular complexity index is 587. The van der Waals surface area contributed by atoms with E-state index in [1.54, 1.807) is 13.8 Å². The molecule has 0 spiro atoms. The molecule has 100 valence electrons. The number of hydrogen-bond donors (Lipinski definition) is 0. The second kappa shape index (κ2) is 5.44. The van der Waals surface area contributed by atoms with E-state index in [0.717, 1.165) is 12.1 Å². The summed E-state index contributed by atoms with van der Waals surface area (Å²) < 4.78 is 32.5. The van der Waals surface area contributed by atoms with Crippen molar-refractivity contribution in [2.24, 2.45) is 0 Å². The first-order valence-corrected chi connectivity index (χ1v) is 5.88. The normalized spacial score (nSPS) is 10.8. The molecule has 7 heteroatoms. The molecule has 1 heterocycles. The summed E-state index contributed by atoms with van der Waals surface area (Å²) in [5.74, 6) is -1.76. The maximum absolute atomic E-state index is 13.6. The zero-order valence-electron chi connectivity index (χ0n) is 10.2. The lowest BCUT2D eigenvalue weighted by Gasteiger charge is -2.09. The topological polar surface area (TPSA) is 47.9 Å². The van der Waals surface area contributed by atoms with E-state index >= 15 is 0 Å². The number of nitrogens with zero attached hydrogens (tertiary/aromatic N) is 3. The summed E-state index contributed by atoms with van der Waals surface area (Å²) >= 11 is 5.70. The van der Waals surface area contributed by atoms with Gasteiger partial charge < -0.3 is 4.74 Å². The Morgan fingerprint density at radius 2 is 1.74 bits per heavy atom. The van der Waals surface area contributed by atoms with Gasteiger partial charge in [-0.2, -0.15) is 15.0 Å². The minimum Gasteiger partial charge on any atom is -0.461 e. The molecule has 0 atom stereocenters. The Morgan fingerprint density at radius 3 is 2.32 bits per heavy atom. The fraction of sp³-hybridized carbons (Fsp3) is 0.250. The molecular weight excluding hydrogens is 276 g/mol. The number of benzene rings is 1. The Kier molecular flexibility index (Phi) is 3.90. The van der Waals surface area contributed by atoms with Gasteiger partial charge in [0.25, 0.3) is 0 Å². The van der Waals surface area contributed by atoms with Gasteiger partial charge in [0.05, 0.1) is 11.7 Å². The molecule has 0 amide bonds. The zero-order valence-corrected chi connectivity index (χ0v) is 10.9.